The van der Waals surface area contributed by atoms with E-state index in [2.05, 4.69) is 0 Å². The Kier molecular flexibility index (Phi) is 6.07. The quantitative estimate of drug-likeness (QED) is 0.525. The number of hydrogen-bond acceptors (Lipinski definition) is 3. The summed E-state index contributed by atoms with van der Waals surface area (Å²) in [6.45, 7) is 2.92. The molecule has 0 aliphatic rings. The molecule has 1 rings (SSSR count). The first-order valence-corrected chi connectivity index (χ1v) is 5.66. The molecule has 0 aliphatic heterocycles. The van der Waals surface area contributed by atoms with Crippen molar-refractivity contribution in [3.05, 3.63) is 30.3 Å². The van der Waals surface area contributed by atoms with E-state index in [1.54, 1.807) is 0 Å². The highest BCUT2D eigenvalue weighted by Gasteiger charge is 2.00. The number of rotatable bonds is 7. The van der Waals surface area contributed by atoms with Crippen LogP contribution in [0.5, 0.6) is 5.75 Å². The molecule has 0 saturated carbocycles. The van der Waals surface area contributed by atoms with Gasteiger partial charge in [-0.3, -0.25) is 4.79 Å². The van der Waals surface area contributed by atoms with Crippen molar-refractivity contribution in [3.8, 4) is 5.75 Å². The Labute approximate surface area is 96.4 Å². The van der Waals surface area contributed by atoms with E-state index < -0.39 is 0 Å². The molecule has 0 bridgehead atoms. The van der Waals surface area contributed by atoms with Crippen LogP contribution >= 0.6 is 0 Å². The molecule has 0 saturated heterocycles. The summed E-state index contributed by atoms with van der Waals surface area (Å²) in [5.74, 6) is 0.751. The smallest absolute Gasteiger partial charge is 0.305 e. The summed E-state index contributed by atoms with van der Waals surface area (Å²) in [4.78, 5) is 11.0. The van der Waals surface area contributed by atoms with E-state index in [9.17, 15) is 4.79 Å². The highest BCUT2D eigenvalue weighted by molar-refractivity contribution is 5.69. The molecule has 0 amide bonds. The molecule has 0 aliphatic carbocycles. The van der Waals surface area contributed by atoms with Gasteiger partial charge in [-0.05, 0) is 31.9 Å². The number of benzene rings is 1. The zero-order valence-electron chi connectivity index (χ0n) is 9.65. The number of esters is 1. The fraction of sp³-hybridized carbons (Fsp3) is 0.462. The van der Waals surface area contributed by atoms with Gasteiger partial charge in [-0.15, -0.1) is 0 Å². The zero-order chi connectivity index (χ0) is 11.6. The highest BCUT2D eigenvalue weighted by atomic mass is 16.5. The average Bonchev–Trinajstić information content (AvgIpc) is 2.30. The number of unbranched alkanes of at least 4 members (excludes halogenated alkanes) is 1. The van der Waals surface area contributed by atoms with Crippen LogP contribution in [0.25, 0.3) is 0 Å². The van der Waals surface area contributed by atoms with Gasteiger partial charge in [0.05, 0.1) is 13.2 Å². The molecule has 0 unspecified atom stereocenters. The number of carbonyl (C=O) groups excluding carboxylic acids is 1. The molecule has 0 atom stereocenters. The van der Waals surface area contributed by atoms with E-state index in [0.29, 0.717) is 19.6 Å². The second-order valence-electron chi connectivity index (χ2n) is 3.42. The van der Waals surface area contributed by atoms with Crippen LogP contribution in [0.3, 0.4) is 0 Å². The molecular formula is C13H18O3. The molecule has 0 heterocycles. The topological polar surface area (TPSA) is 35.5 Å². The van der Waals surface area contributed by atoms with E-state index in [0.717, 1.165) is 18.6 Å². The van der Waals surface area contributed by atoms with Crippen molar-refractivity contribution in [2.45, 2.75) is 26.2 Å². The summed E-state index contributed by atoms with van der Waals surface area (Å²) in [5, 5.41) is 0. The Morgan fingerprint density at radius 1 is 1.19 bits per heavy atom. The first kappa shape index (κ1) is 12.6. The summed E-state index contributed by atoms with van der Waals surface area (Å²) in [5.41, 5.74) is 0. The number of hydrogen-bond donors (Lipinski definition) is 0. The molecule has 0 spiro atoms. The maximum atomic E-state index is 11.0. The van der Waals surface area contributed by atoms with Gasteiger partial charge in [0.15, 0.2) is 0 Å². The van der Waals surface area contributed by atoms with E-state index in [4.69, 9.17) is 9.47 Å². The van der Waals surface area contributed by atoms with E-state index in [1.807, 2.05) is 37.3 Å². The van der Waals surface area contributed by atoms with Gasteiger partial charge < -0.3 is 9.47 Å². The lowest BCUT2D eigenvalue weighted by atomic mass is 10.2. The maximum Gasteiger partial charge on any atom is 0.305 e. The van der Waals surface area contributed by atoms with Crippen LogP contribution in [0, 0.1) is 0 Å². The molecular weight excluding hydrogens is 204 g/mol. The first-order valence-electron chi connectivity index (χ1n) is 5.66. The summed E-state index contributed by atoms with van der Waals surface area (Å²) in [6.07, 6.45) is 2.16. The van der Waals surface area contributed by atoms with Crippen molar-refractivity contribution in [2.24, 2.45) is 0 Å². The Morgan fingerprint density at radius 3 is 2.62 bits per heavy atom. The number of ether oxygens (including phenoxy) is 2. The molecule has 0 radical (unpaired) electrons. The van der Waals surface area contributed by atoms with E-state index in [1.165, 1.54) is 0 Å². The molecule has 0 N–H and O–H groups in total. The molecule has 0 aromatic heterocycles. The second-order valence-corrected chi connectivity index (χ2v) is 3.42. The van der Waals surface area contributed by atoms with Gasteiger partial charge in [-0.2, -0.15) is 0 Å². The number of carbonyl (C=O) groups is 1. The lowest BCUT2D eigenvalue weighted by molar-refractivity contribution is -0.143. The highest BCUT2D eigenvalue weighted by Crippen LogP contribution is 2.09. The second kappa shape index (κ2) is 7.74. The van der Waals surface area contributed by atoms with Crippen LogP contribution in [0.15, 0.2) is 30.3 Å². The molecule has 1 aromatic rings. The average molecular weight is 222 g/mol. The van der Waals surface area contributed by atoms with Gasteiger partial charge in [0.2, 0.25) is 0 Å². The first-order chi connectivity index (χ1) is 7.83. The van der Waals surface area contributed by atoms with Gasteiger partial charge >= 0.3 is 5.97 Å². The van der Waals surface area contributed by atoms with Crippen LogP contribution in [-0.4, -0.2) is 19.2 Å². The fourth-order valence-electron chi connectivity index (χ4n) is 1.31. The third-order valence-corrected chi connectivity index (χ3v) is 2.09. The van der Waals surface area contributed by atoms with Gasteiger partial charge in [-0.1, -0.05) is 18.2 Å². The summed E-state index contributed by atoms with van der Waals surface area (Å²) < 4.78 is 10.3. The Bertz CT molecular complexity index is 295. The van der Waals surface area contributed by atoms with Gasteiger partial charge in [0, 0.05) is 6.42 Å². The predicted octanol–water partition coefficient (Wildman–Crippen LogP) is 2.80. The van der Waals surface area contributed by atoms with Crippen LogP contribution in [0.4, 0.5) is 0 Å². The molecule has 1 aromatic carbocycles. The van der Waals surface area contributed by atoms with Crippen molar-refractivity contribution in [3.63, 3.8) is 0 Å². The molecule has 3 nitrogen and oxygen atoms in total. The normalized spacial score (nSPS) is 9.81. The van der Waals surface area contributed by atoms with Crippen molar-refractivity contribution in [1.29, 1.82) is 0 Å². The standard InChI is InChI=1S/C13H18O3/c1-2-15-13(14)10-6-7-11-16-12-8-4-3-5-9-12/h3-5,8-9H,2,6-7,10-11H2,1H3. The summed E-state index contributed by atoms with van der Waals surface area (Å²) in [6, 6.07) is 9.67. The van der Waals surface area contributed by atoms with Crippen LogP contribution < -0.4 is 4.74 Å². The molecule has 88 valence electrons. The maximum absolute atomic E-state index is 11.0. The van der Waals surface area contributed by atoms with Crippen molar-refractivity contribution < 1.29 is 14.3 Å². The summed E-state index contributed by atoms with van der Waals surface area (Å²) in [7, 11) is 0. The van der Waals surface area contributed by atoms with Crippen LogP contribution in [0.2, 0.25) is 0 Å². The van der Waals surface area contributed by atoms with Crippen LogP contribution in [-0.2, 0) is 9.53 Å². The van der Waals surface area contributed by atoms with Gasteiger partial charge in [0.1, 0.15) is 5.75 Å². The third-order valence-electron chi connectivity index (χ3n) is 2.09. The Hall–Kier alpha value is -1.51. The Morgan fingerprint density at radius 2 is 1.94 bits per heavy atom. The lowest BCUT2D eigenvalue weighted by Crippen LogP contribution is -2.05. The molecule has 16 heavy (non-hydrogen) atoms. The van der Waals surface area contributed by atoms with Crippen molar-refractivity contribution in [2.75, 3.05) is 13.2 Å². The zero-order valence-corrected chi connectivity index (χ0v) is 9.65. The molecule has 3 heteroatoms. The summed E-state index contributed by atoms with van der Waals surface area (Å²) >= 11 is 0. The third kappa shape index (κ3) is 5.39. The predicted molar refractivity (Wildman–Crippen MR) is 62.4 cm³/mol. The van der Waals surface area contributed by atoms with Gasteiger partial charge in [-0.25, -0.2) is 0 Å². The van der Waals surface area contributed by atoms with E-state index >= 15 is 0 Å². The minimum absolute atomic E-state index is 0.123. The van der Waals surface area contributed by atoms with Gasteiger partial charge in [0.25, 0.3) is 0 Å². The fourth-order valence-corrected chi connectivity index (χ4v) is 1.31. The Balaban J connectivity index is 2.02. The van der Waals surface area contributed by atoms with E-state index in [-0.39, 0.29) is 5.97 Å². The van der Waals surface area contributed by atoms with Crippen molar-refractivity contribution >= 4 is 5.97 Å². The lowest BCUT2D eigenvalue weighted by Gasteiger charge is -2.05. The SMILES string of the molecule is CCOC(=O)CCCCOc1ccccc1. The minimum atomic E-state index is -0.123. The largest absolute Gasteiger partial charge is 0.494 e. The molecule has 0 fully saturated rings. The minimum Gasteiger partial charge on any atom is -0.494 e. The van der Waals surface area contributed by atoms with Crippen molar-refractivity contribution in [1.82, 2.24) is 0 Å². The van der Waals surface area contributed by atoms with Crippen LogP contribution in [0.1, 0.15) is 26.2 Å². The monoisotopic (exact) mass is 222 g/mol. The number of para-hydroxylation sites is 1.